The van der Waals surface area contributed by atoms with Crippen molar-refractivity contribution < 1.29 is 19.4 Å². The molecule has 2 rings (SSSR count). The van der Waals surface area contributed by atoms with E-state index in [-0.39, 0.29) is 12.5 Å². The van der Waals surface area contributed by atoms with E-state index in [1.54, 1.807) is 25.3 Å². The van der Waals surface area contributed by atoms with E-state index in [4.69, 9.17) is 21.1 Å². The van der Waals surface area contributed by atoms with Gasteiger partial charge in [0.25, 0.3) is 0 Å². The maximum atomic E-state index is 12.0. The first kappa shape index (κ1) is 18.4. The SMILES string of the molecule is COCCOCC(=O)Nc1ccc(Cl)cc1C(O)c1ccccc1. The summed E-state index contributed by atoms with van der Waals surface area (Å²) in [4.78, 5) is 12.0. The average Bonchev–Trinajstić information content (AvgIpc) is 2.60. The smallest absolute Gasteiger partial charge is 0.250 e. The largest absolute Gasteiger partial charge is 0.384 e. The van der Waals surface area contributed by atoms with Crippen LogP contribution in [0, 0.1) is 0 Å². The third-order valence-corrected chi connectivity index (χ3v) is 3.60. The van der Waals surface area contributed by atoms with Crippen LogP contribution in [0.2, 0.25) is 5.02 Å². The number of hydrogen-bond donors (Lipinski definition) is 2. The van der Waals surface area contributed by atoms with Gasteiger partial charge >= 0.3 is 0 Å². The molecule has 2 aromatic rings. The maximum absolute atomic E-state index is 12.0. The second-order valence-electron chi connectivity index (χ2n) is 5.14. The second kappa shape index (κ2) is 9.39. The Morgan fingerprint density at radius 2 is 1.96 bits per heavy atom. The summed E-state index contributed by atoms with van der Waals surface area (Å²) in [6, 6.07) is 14.1. The van der Waals surface area contributed by atoms with Crippen molar-refractivity contribution in [2.75, 3.05) is 32.2 Å². The van der Waals surface area contributed by atoms with E-state index in [1.165, 1.54) is 0 Å². The molecule has 0 aromatic heterocycles. The number of hydrogen-bond acceptors (Lipinski definition) is 4. The molecule has 1 atom stereocenters. The van der Waals surface area contributed by atoms with Crippen molar-refractivity contribution >= 4 is 23.2 Å². The lowest BCUT2D eigenvalue weighted by Crippen LogP contribution is -2.21. The number of carbonyl (C=O) groups excluding carboxylic acids is 1. The lowest BCUT2D eigenvalue weighted by Gasteiger charge is -2.17. The first-order valence-electron chi connectivity index (χ1n) is 7.51. The second-order valence-corrected chi connectivity index (χ2v) is 5.57. The van der Waals surface area contributed by atoms with Gasteiger partial charge in [0.15, 0.2) is 0 Å². The fourth-order valence-corrected chi connectivity index (χ4v) is 2.36. The van der Waals surface area contributed by atoms with Crippen LogP contribution in [-0.2, 0) is 14.3 Å². The molecule has 1 amide bonds. The number of nitrogens with one attached hydrogen (secondary N) is 1. The molecule has 0 aliphatic heterocycles. The van der Waals surface area contributed by atoms with Gasteiger partial charge < -0.3 is 19.9 Å². The summed E-state index contributed by atoms with van der Waals surface area (Å²) in [6.07, 6.45) is -0.894. The van der Waals surface area contributed by atoms with Gasteiger partial charge in [0.05, 0.1) is 13.2 Å². The zero-order valence-electron chi connectivity index (χ0n) is 13.4. The molecule has 24 heavy (non-hydrogen) atoms. The fraction of sp³-hybridized carbons (Fsp3) is 0.278. The summed E-state index contributed by atoms with van der Waals surface area (Å²) in [5.74, 6) is -0.310. The van der Waals surface area contributed by atoms with Crippen LogP contribution in [0.15, 0.2) is 48.5 Å². The molecule has 0 saturated heterocycles. The minimum atomic E-state index is -0.894. The Hall–Kier alpha value is -1.92. The molecule has 128 valence electrons. The van der Waals surface area contributed by atoms with Gasteiger partial charge in [0, 0.05) is 23.4 Å². The highest BCUT2D eigenvalue weighted by Gasteiger charge is 2.16. The van der Waals surface area contributed by atoms with E-state index in [9.17, 15) is 9.90 Å². The predicted octanol–water partition coefficient (Wildman–Crippen LogP) is 3.02. The summed E-state index contributed by atoms with van der Waals surface area (Å²) in [7, 11) is 1.56. The first-order chi connectivity index (χ1) is 11.6. The van der Waals surface area contributed by atoms with Crippen molar-refractivity contribution in [3.8, 4) is 0 Å². The summed E-state index contributed by atoms with van der Waals surface area (Å²) >= 11 is 6.04. The van der Waals surface area contributed by atoms with E-state index in [0.29, 0.717) is 35.1 Å². The van der Waals surface area contributed by atoms with Gasteiger partial charge in [-0.2, -0.15) is 0 Å². The summed E-state index contributed by atoms with van der Waals surface area (Å²) < 4.78 is 10.0. The molecular formula is C18H20ClNO4. The van der Waals surface area contributed by atoms with Crippen LogP contribution in [0.25, 0.3) is 0 Å². The number of methoxy groups -OCH3 is 1. The minimum absolute atomic E-state index is 0.0904. The maximum Gasteiger partial charge on any atom is 0.250 e. The lowest BCUT2D eigenvalue weighted by molar-refractivity contribution is -0.121. The van der Waals surface area contributed by atoms with Crippen molar-refractivity contribution in [1.82, 2.24) is 0 Å². The molecule has 0 bridgehead atoms. The molecule has 2 N–H and O–H groups in total. The highest BCUT2D eigenvalue weighted by atomic mass is 35.5. The molecule has 0 aliphatic rings. The molecule has 5 nitrogen and oxygen atoms in total. The number of carbonyl (C=O) groups is 1. The molecule has 1 unspecified atom stereocenters. The third kappa shape index (κ3) is 5.32. The zero-order valence-corrected chi connectivity index (χ0v) is 14.1. The number of ether oxygens (including phenoxy) is 2. The van der Waals surface area contributed by atoms with E-state index in [0.717, 1.165) is 0 Å². The van der Waals surface area contributed by atoms with Crippen molar-refractivity contribution in [2.45, 2.75) is 6.10 Å². The predicted molar refractivity (Wildman–Crippen MR) is 93.3 cm³/mol. The van der Waals surface area contributed by atoms with Crippen LogP contribution in [0.4, 0.5) is 5.69 Å². The summed E-state index contributed by atoms with van der Waals surface area (Å²) in [5.41, 5.74) is 1.74. The molecule has 6 heteroatoms. The number of aliphatic hydroxyl groups is 1. The van der Waals surface area contributed by atoms with E-state index < -0.39 is 6.10 Å². The summed E-state index contributed by atoms with van der Waals surface area (Å²) in [6.45, 7) is 0.670. The number of amides is 1. The Balaban J connectivity index is 2.11. The fourth-order valence-electron chi connectivity index (χ4n) is 2.18. The Labute approximate surface area is 146 Å². The van der Waals surface area contributed by atoms with Crippen LogP contribution in [0.5, 0.6) is 0 Å². The molecule has 0 heterocycles. The van der Waals surface area contributed by atoms with Gasteiger partial charge in [0.2, 0.25) is 5.91 Å². The van der Waals surface area contributed by atoms with Crippen molar-refractivity contribution in [3.05, 3.63) is 64.7 Å². The highest BCUT2D eigenvalue weighted by molar-refractivity contribution is 6.30. The summed E-state index contributed by atoms with van der Waals surface area (Å²) in [5, 5.41) is 13.8. The van der Waals surface area contributed by atoms with Crippen LogP contribution < -0.4 is 5.32 Å². The zero-order chi connectivity index (χ0) is 17.4. The van der Waals surface area contributed by atoms with Gasteiger partial charge in [-0.3, -0.25) is 4.79 Å². The van der Waals surface area contributed by atoms with Crippen molar-refractivity contribution in [2.24, 2.45) is 0 Å². The van der Waals surface area contributed by atoms with E-state index >= 15 is 0 Å². The Bertz CT molecular complexity index is 663. The Kier molecular flexibility index (Phi) is 7.21. The normalized spacial score (nSPS) is 12.0. The standard InChI is InChI=1S/C18H20ClNO4/c1-23-9-10-24-12-17(21)20-16-8-7-14(19)11-15(16)18(22)13-5-3-2-4-6-13/h2-8,11,18,22H,9-10,12H2,1H3,(H,20,21). The van der Waals surface area contributed by atoms with Gasteiger partial charge in [-0.05, 0) is 23.8 Å². The highest BCUT2D eigenvalue weighted by Crippen LogP contribution is 2.30. The number of aliphatic hydroxyl groups excluding tert-OH is 1. The van der Waals surface area contributed by atoms with Crippen molar-refractivity contribution in [1.29, 1.82) is 0 Å². The van der Waals surface area contributed by atoms with Gasteiger partial charge in [0.1, 0.15) is 12.7 Å². The quantitative estimate of drug-likeness (QED) is 0.719. The molecule has 0 fully saturated rings. The van der Waals surface area contributed by atoms with Crippen LogP contribution in [0.3, 0.4) is 0 Å². The molecule has 0 aliphatic carbocycles. The van der Waals surface area contributed by atoms with Gasteiger partial charge in [-0.15, -0.1) is 0 Å². The monoisotopic (exact) mass is 349 g/mol. The van der Waals surface area contributed by atoms with Crippen LogP contribution in [-0.4, -0.2) is 37.9 Å². The Morgan fingerprint density at radius 1 is 1.21 bits per heavy atom. The molecule has 2 aromatic carbocycles. The van der Waals surface area contributed by atoms with Gasteiger partial charge in [-0.1, -0.05) is 41.9 Å². The molecule has 0 saturated carbocycles. The number of anilines is 1. The third-order valence-electron chi connectivity index (χ3n) is 3.36. The van der Waals surface area contributed by atoms with Crippen LogP contribution >= 0.6 is 11.6 Å². The molecule has 0 spiro atoms. The Morgan fingerprint density at radius 3 is 2.67 bits per heavy atom. The van der Waals surface area contributed by atoms with E-state index in [2.05, 4.69) is 5.32 Å². The van der Waals surface area contributed by atoms with Crippen molar-refractivity contribution in [3.63, 3.8) is 0 Å². The van der Waals surface area contributed by atoms with Crippen LogP contribution in [0.1, 0.15) is 17.2 Å². The van der Waals surface area contributed by atoms with E-state index in [1.807, 2.05) is 30.3 Å². The lowest BCUT2D eigenvalue weighted by atomic mass is 10.00. The molecular weight excluding hydrogens is 330 g/mol. The number of rotatable bonds is 8. The molecule has 0 radical (unpaired) electrons. The first-order valence-corrected chi connectivity index (χ1v) is 7.88. The average molecular weight is 350 g/mol. The minimum Gasteiger partial charge on any atom is -0.384 e. The van der Waals surface area contributed by atoms with Gasteiger partial charge in [-0.25, -0.2) is 0 Å². The number of halogens is 1. The number of benzene rings is 2. The topological polar surface area (TPSA) is 67.8 Å².